The molecule has 0 aromatic rings. The molecule has 0 spiro atoms. The van der Waals surface area contributed by atoms with E-state index in [9.17, 15) is 44.7 Å². The fourth-order valence-corrected chi connectivity index (χ4v) is 1.98. The zero-order valence-electron chi connectivity index (χ0n) is 15.5. The van der Waals surface area contributed by atoms with E-state index >= 15 is 0 Å². The first-order chi connectivity index (χ1) is 13.2. The van der Waals surface area contributed by atoms with Crippen molar-refractivity contribution in [3.8, 4) is 0 Å². The summed E-state index contributed by atoms with van der Waals surface area (Å²) in [6.07, 6.45) is -12.9. The van der Waals surface area contributed by atoms with E-state index < -0.39 is 42.7 Å². The van der Waals surface area contributed by atoms with Crippen LogP contribution in [0.3, 0.4) is 0 Å². The highest BCUT2D eigenvalue weighted by atomic mass is 19.4. The van der Waals surface area contributed by atoms with Gasteiger partial charge >= 0.3 is 30.1 Å². The van der Waals surface area contributed by atoms with E-state index in [2.05, 4.69) is 9.47 Å². The van der Waals surface area contributed by atoms with Gasteiger partial charge in [0.2, 0.25) is 0 Å². The van der Waals surface area contributed by atoms with Crippen LogP contribution < -0.4 is 0 Å². The number of hydrogen-bond acceptors (Lipinski definition) is 4. The van der Waals surface area contributed by atoms with Crippen molar-refractivity contribution in [2.24, 2.45) is 0 Å². The van der Waals surface area contributed by atoms with Crippen molar-refractivity contribution in [3.05, 3.63) is 12.2 Å². The van der Waals surface area contributed by atoms with Crippen molar-refractivity contribution in [2.45, 2.75) is 76.2 Å². The minimum Gasteiger partial charge on any atom is -0.463 e. The summed E-state index contributed by atoms with van der Waals surface area (Å²) in [5.41, 5.74) is 0. The molecule has 0 amide bonds. The van der Waals surface area contributed by atoms with Crippen LogP contribution >= 0.6 is 0 Å². The Balaban J connectivity index is 4.49. The Hall–Kier alpha value is -1.88. The number of unbranched alkanes of at least 4 members (excludes halogenated alkanes) is 5. The van der Waals surface area contributed by atoms with Gasteiger partial charge in [-0.25, -0.2) is 14.0 Å². The van der Waals surface area contributed by atoms with Crippen LogP contribution in [0.5, 0.6) is 0 Å². The minimum atomic E-state index is -5.94. The number of carbonyl (C=O) groups excluding carboxylic acids is 2. The predicted molar refractivity (Wildman–Crippen MR) is 85.0 cm³/mol. The van der Waals surface area contributed by atoms with Gasteiger partial charge in [-0.15, -0.1) is 0 Å². The zero-order chi connectivity index (χ0) is 22.7. The molecule has 0 N–H and O–H groups in total. The van der Waals surface area contributed by atoms with Crippen LogP contribution in [-0.2, 0) is 19.1 Å². The number of esters is 2. The van der Waals surface area contributed by atoms with Gasteiger partial charge in [-0.2, -0.15) is 30.7 Å². The molecule has 0 bridgehead atoms. The molecule has 0 aliphatic heterocycles. The number of ether oxygens (including phenoxy) is 2. The maximum atomic E-state index is 13.2. The summed E-state index contributed by atoms with van der Waals surface area (Å²) in [7, 11) is 0. The van der Waals surface area contributed by atoms with Gasteiger partial charge in [0, 0.05) is 12.2 Å². The highest BCUT2D eigenvalue weighted by molar-refractivity contribution is 5.91. The molecule has 0 saturated carbocycles. The minimum absolute atomic E-state index is 0.0184. The number of rotatable bonds is 13. The van der Waals surface area contributed by atoms with Gasteiger partial charge in [0.15, 0.2) is 6.17 Å². The summed E-state index contributed by atoms with van der Waals surface area (Å²) in [5, 5.41) is 0. The van der Waals surface area contributed by atoms with Crippen molar-refractivity contribution in [2.75, 3.05) is 6.61 Å². The summed E-state index contributed by atoms with van der Waals surface area (Å²) in [6.45, 7) is 2.01. The van der Waals surface area contributed by atoms with Crippen LogP contribution in [0.1, 0.15) is 51.9 Å². The lowest BCUT2D eigenvalue weighted by Crippen LogP contribution is -2.51. The normalized spacial score (nSPS) is 14.1. The summed E-state index contributed by atoms with van der Waals surface area (Å²) < 4.78 is 109. The molecule has 1 atom stereocenters. The number of halogens is 8. The monoisotopic (exact) mass is 442 g/mol. The predicted octanol–water partition coefficient (Wildman–Crippen LogP) is 5.51. The third-order valence-electron chi connectivity index (χ3n) is 3.52. The van der Waals surface area contributed by atoms with Gasteiger partial charge < -0.3 is 9.47 Å². The van der Waals surface area contributed by atoms with Crippen LogP contribution in [0.25, 0.3) is 0 Å². The van der Waals surface area contributed by atoms with E-state index in [1.165, 1.54) is 0 Å². The fraction of sp³-hybridized carbons (Fsp3) is 0.765. The molecular weight excluding hydrogens is 420 g/mol. The van der Waals surface area contributed by atoms with Crippen molar-refractivity contribution in [3.63, 3.8) is 0 Å². The molecule has 0 heterocycles. The number of carbonyl (C=O) groups is 2. The lowest BCUT2D eigenvalue weighted by Gasteiger charge is -2.28. The lowest BCUT2D eigenvalue weighted by molar-refractivity contribution is -0.349. The second-order valence-corrected chi connectivity index (χ2v) is 6.12. The Morgan fingerprint density at radius 2 is 1.38 bits per heavy atom. The zero-order valence-corrected chi connectivity index (χ0v) is 15.5. The maximum Gasteiger partial charge on any atom is 0.469 e. The van der Waals surface area contributed by atoms with Crippen LogP contribution in [0, 0.1) is 0 Å². The molecule has 0 aromatic carbocycles. The third kappa shape index (κ3) is 11.0. The average molecular weight is 442 g/mol. The summed E-state index contributed by atoms with van der Waals surface area (Å²) in [4.78, 5) is 22.4. The first-order valence-corrected chi connectivity index (χ1v) is 8.77. The van der Waals surface area contributed by atoms with E-state index in [-0.39, 0.29) is 12.7 Å². The van der Waals surface area contributed by atoms with Crippen LogP contribution in [0.15, 0.2) is 12.2 Å². The molecular formula is C17H22F8O4. The Morgan fingerprint density at radius 3 is 1.93 bits per heavy atom. The standard InChI is InChI=1S/C17H22F8O4/c1-2-3-4-5-6-7-10-28-13(26)8-9-14(27)29-17(24,25)16(22,23)12(18)11-15(19,20)21/h8-9,12H,2-7,10-11H2,1H3/b9-8+. The second kappa shape index (κ2) is 12.0. The lowest BCUT2D eigenvalue weighted by atomic mass is 10.1. The summed E-state index contributed by atoms with van der Waals surface area (Å²) in [6, 6.07) is 0. The summed E-state index contributed by atoms with van der Waals surface area (Å²) in [5.74, 6) is -9.28. The molecule has 0 aliphatic rings. The van der Waals surface area contributed by atoms with Gasteiger partial charge in [-0.05, 0) is 6.42 Å². The van der Waals surface area contributed by atoms with Crippen molar-refractivity contribution >= 4 is 11.9 Å². The SMILES string of the molecule is CCCCCCCCOC(=O)/C=C/C(=O)OC(F)(F)C(F)(F)C(F)CC(F)(F)F. The van der Waals surface area contributed by atoms with E-state index in [0.717, 1.165) is 32.1 Å². The molecule has 29 heavy (non-hydrogen) atoms. The Bertz CT molecular complexity index is 546. The third-order valence-corrected chi connectivity index (χ3v) is 3.52. The Labute approximate surface area is 162 Å². The van der Waals surface area contributed by atoms with Crippen LogP contribution in [0.4, 0.5) is 35.1 Å². The molecule has 1 unspecified atom stereocenters. The fourth-order valence-electron chi connectivity index (χ4n) is 1.98. The van der Waals surface area contributed by atoms with E-state index in [1.807, 2.05) is 6.92 Å². The van der Waals surface area contributed by atoms with Crippen molar-refractivity contribution < 1.29 is 54.2 Å². The highest BCUT2D eigenvalue weighted by Gasteiger charge is 2.66. The maximum absolute atomic E-state index is 13.2. The van der Waals surface area contributed by atoms with Gasteiger partial charge in [0.25, 0.3) is 0 Å². The van der Waals surface area contributed by atoms with Crippen LogP contribution in [-0.4, -0.2) is 42.9 Å². The molecule has 0 aliphatic carbocycles. The highest BCUT2D eigenvalue weighted by Crippen LogP contribution is 2.43. The Kier molecular flexibility index (Phi) is 11.2. The smallest absolute Gasteiger partial charge is 0.463 e. The van der Waals surface area contributed by atoms with Crippen LogP contribution in [0.2, 0.25) is 0 Å². The van der Waals surface area contributed by atoms with Gasteiger partial charge in [-0.3, -0.25) is 0 Å². The topological polar surface area (TPSA) is 52.6 Å². The van der Waals surface area contributed by atoms with E-state index in [1.54, 1.807) is 0 Å². The molecule has 170 valence electrons. The molecule has 4 nitrogen and oxygen atoms in total. The Morgan fingerprint density at radius 1 is 0.862 bits per heavy atom. The van der Waals surface area contributed by atoms with Gasteiger partial charge in [0.1, 0.15) is 0 Å². The van der Waals surface area contributed by atoms with E-state index in [0.29, 0.717) is 12.5 Å². The second-order valence-electron chi connectivity index (χ2n) is 6.12. The molecule has 12 heteroatoms. The largest absolute Gasteiger partial charge is 0.469 e. The first kappa shape index (κ1) is 27.1. The molecule has 0 rings (SSSR count). The average Bonchev–Trinajstić information content (AvgIpc) is 2.57. The molecule has 0 radical (unpaired) electrons. The first-order valence-electron chi connectivity index (χ1n) is 8.77. The quantitative estimate of drug-likeness (QED) is 0.163. The van der Waals surface area contributed by atoms with Crippen molar-refractivity contribution in [1.29, 1.82) is 0 Å². The summed E-state index contributed by atoms with van der Waals surface area (Å²) >= 11 is 0. The number of hydrogen-bond donors (Lipinski definition) is 0. The van der Waals surface area contributed by atoms with Gasteiger partial charge in [-0.1, -0.05) is 39.0 Å². The molecule has 0 aromatic heterocycles. The molecule has 0 fully saturated rings. The number of alkyl halides is 8. The van der Waals surface area contributed by atoms with E-state index in [4.69, 9.17) is 0 Å². The van der Waals surface area contributed by atoms with Crippen molar-refractivity contribution in [1.82, 2.24) is 0 Å². The van der Waals surface area contributed by atoms with Gasteiger partial charge in [0.05, 0.1) is 13.0 Å². The molecule has 0 saturated heterocycles.